The fraction of sp³-hybridized carbons (Fsp3) is 0.467. The highest BCUT2D eigenvalue weighted by atomic mass is 14.7. The lowest BCUT2D eigenvalue weighted by Gasteiger charge is -2.14. The summed E-state index contributed by atoms with van der Waals surface area (Å²) in [5.74, 6) is 1.42. The van der Waals surface area contributed by atoms with Crippen LogP contribution in [0.5, 0.6) is 0 Å². The van der Waals surface area contributed by atoms with Crippen LogP contribution in [-0.4, -0.2) is 4.98 Å². The van der Waals surface area contributed by atoms with Crippen molar-refractivity contribution in [1.29, 1.82) is 0 Å². The molecule has 0 saturated heterocycles. The summed E-state index contributed by atoms with van der Waals surface area (Å²) < 4.78 is 0. The molecule has 1 aromatic carbocycles. The first-order valence-corrected chi connectivity index (χ1v) is 6.21. The Morgan fingerprint density at radius 1 is 1.06 bits per heavy atom. The number of aromatic nitrogens is 1. The van der Waals surface area contributed by atoms with Crippen molar-refractivity contribution in [3.05, 3.63) is 34.5 Å². The highest BCUT2D eigenvalue weighted by Crippen LogP contribution is 2.47. The monoisotopic (exact) mass is 213 g/mol. The molecule has 0 fully saturated rings. The van der Waals surface area contributed by atoms with Crippen LogP contribution in [-0.2, 0) is 0 Å². The molecule has 1 aromatic heterocycles. The molecule has 3 rings (SSSR count). The minimum atomic E-state index is 0.699. The van der Waals surface area contributed by atoms with Gasteiger partial charge in [0.1, 0.15) is 0 Å². The van der Waals surface area contributed by atoms with E-state index >= 15 is 0 Å². The molecule has 1 heterocycles. The standard InChI is InChI=1S/C15H19N/c1-8-7-9(2)14-13(8)11(4)10(3)12-5-6-16-15(12)14/h5-6,8-9,16H,7H2,1-4H3/t8-,9-/m0/s1. The number of H-pyrrole nitrogens is 1. The first-order valence-electron chi connectivity index (χ1n) is 6.21. The number of hydrogen-bond donors (Lipinski definition) is 1. The van der Waals surface area contributed by atoms with Crippen molar-refractivity contribution in [3.8, 4) is 0 Å². The van der Waals surface area contributed by atoms with Crippen molar-refractivity contribution in [2.24, 2.45) is 0 Å². The molecule has 1 aliphatic rings. The van der Waals surface area contributed by atoms with Gasteiger partial charge in [-0.25, -0.2) is 0 Å². The minimum absolute atomic E-state index is 0.699. The molecule has 2 aromatic rings. The summed E-state index contributed by atoms with van der Waals surface area (Å²) >= 11 is 0. The van der Waals surface area contributed by atoms with E-state index in [1.807, 2.05) is 0 Å². The zero-order valence-electron chi connectivity index (χ0n) is 10.5. The number of nitrogens with one attached hydrogen (secondary N) is 1. The molecule has 0 radical (unpaired) electrons. The van der Waals surface area contributed by atoms with Gasteiger partial charge in [-0.1, -0.05) is 13.8 Å². The summed E-state index contributed by atoms with van der Waals surface area (Å²) in [6, 6.07) is 2.22. The van der Waals surface area contributed by atoms with E-state index in [9.17, 15) is 0 Å². The van der Waals surface area contributed by atoms with E-state index in [1.165, 1.54) is 28.5 Å². The molecule has 0 amide bonds. The van der Waals surface area contributed by atoms with Gasteiger partial charge in [-0.3, -0.25) is 0 Å². The lowest BCUT2D eigenvalue weighted by molar-refractivity contribution is 0.661. The summed E-state index contributed by atoms with van der Waals surface area (Å²) in [5, 5.41) is 1.41. The second-order valence-electron chi connectivity index (χ2n) is 5.38. The molecular weight excluding hydrogens is 194 g/mol. The summed E-state index contributed by atoms with van der Waals surface area (Å²) in [6.45, 7) is 9.26. The lowest BCUT2D eigenvalue weighted by Crippen LogP contribution is -1.96. The highest BCUT2D eigenvalue weighted by Gasteiger charge is 2.30. The van der Waals surface area contributed by atoms with Gasteiger partial charge < -0.3 is 4.98 Å². The quantitative estimate of drug-likeness (QED) is 0.667. The number of hydrogen-bond acceptors (Lipinski definition) is 0. The molecule has 84 valence electrons. The lowest BCUT2D eigenvalue weighted by atomic mass is 9.91. The Kier molecular flexibility index (Phi) is 1.95. The van der Waals surface area contributed by atoms with Crippen LogP contribution in [0, 0.1) is 13.8 Å². The SMILES string of the molecule is Cc1c2c(c3[nH]ccc3c1C)[C@@H](C)C[C@@H]2C. The predicted molar refractivity (Wildman–Crippen MR) is 69.2 cm³/mol. The van der Waals surface area contributed by atoms with Gasteiger partial charge in [0.25, 0.3) is 0 Å². The second kappa shape index (κ2) is 3.13. The normalized spacial score (nSPS) is 24.0. The maximum atomic E-state index is 3.44. The Bertz CT molecular complexity index is 562. The first kappa shape index (κ1) is 9.95. The summed E-state index contributed by atoms with van der Waals surface area (Å²) in [5.41, 5.74) is 7.54. The minimum Gasteiger partial charge on any atom is -0.361 e. The van der Waals surface area contributed by atoms with E-state index in [4.69, 9.17) is 0 Å². The Labute approximate surface area is 96.9 Å². The van der Waals surface area contributed by atoms with Crippen LogP contribution in [0.1, 0.15) is 54.4 Å². The summed E-state index contributed by atoms with van der Waals surface area (Å²) in [7, 11) is 0. The molecule has 1 heteroatoms. The summed E-state index contributed by atoms with van der Waals surface area (Å²) in [6.07, 6.45) is 3.38. The zero-order chi connectivity index (χ0) is 11.4. The molecular formula is C15H19N. The van der Waals surface area contributed by atoms with Gasteiger partial charge in [0.2, 0.25) is 0 Å². The van der Waals surface area contributed by atoms with Gasteiger partial charge in [-0.15, -0.1) is 0 Å². The van der Waals surface area contributed by atoms with Crippen molar-refractivity contribution in [2.75, 3.05) is 0 Å². The molecule has 0 unspecified atom stereocenters. The molecule has 0 spiro atoms. The predicted octanol–water partition coefficient (Wildman–Crippen LogP) is 4.40. The van der Waals surface area contributed by atoms with Gasteiger partial charge in [0, 0.05) is 17.1 Å². The van der Waals surface area contributed by atoms with E-state index in [2.05, 4.69) is 44.9 Å². The van der Waals surface area contributed by atoms with Gasteiger partial charge in [-0.2, -0.15) is 0 Å². The number of benzene rings is 1. The van der Waals surface area contributed by atoms with E-state index in [1.54, 1.807) is 11.1 Å². The van der Waals surface area contributed by atoms with Crippen LogP contribution < -0.4 is 0 Å². The van der Waals surface area contributed by atoms with Crippen LogP contribution in [0.3, 0.4) is 0 Å². The Morgan fingerprint density at radius 3 is 2.50 bits per heavy atom. The summed E-state index contributed by atoms with van der Waals surface area (Å²) in [4.78, 5) is 3.44. The zero-order valence-corrected chi connectivity index (χ0v) is 10.5. The average Bonchev–Trinajstić information content (AvgIpc) is 2.79. The van der Waals surface area contributed by atoms with Crippen molar-refractivity contribution in [3.63, 3.8) is 0 Å². The van der Waals surface area contributed by atoms with Gasteiger partial charge in [0.05, 0.1) is 0 Å². The Morgan fingerprint density at radius 2 is 1.75 bits per heavy atom. The fourth-order valence-corrected chi connectivity index (χ4v) is 3.56. The van der Waals surface area contributed by atoms with Gasteiger partial charge in [0.15, 0.2) is 0 Å². The van der Waals surface area contributed by atoms with Crippen LogP contribution in [0.25, 0.3) is 10.9 Å². The molecule has 0 bridgehead atoms. The number of aromatic amines is 1. The van der Waals surface area contributed by atoms with Crippen molar-refractivity contribution >= 4 is 10.9 Å². The topological polar surface area (TPSA) is 15.8 Å². The number of aryl methyl sites for hydroxylation is 1. The third-order valence-electron chi connectivity index (χ3n) is 4.37. The second-order valence-corrected chi connectivity index (χ2v) is 5.38. The Hall–Kier alpha value is -1.24. The van der Waals surface area contributed by atoms with Gasteiger partial charge >= 0.3 is 0 Å². The molecule has 0 saturated carbocycles. The maximum absolute atomic E-state index is 3.44. The molecule has 16 heavy (non-hydrogen) atoms. The van der Waals surface area contributed by atoms with E-state index in [-0.39, 0.29) is 0 Å². The smallest absolute Gasteiger partial charge is 0.0494 e. The average molecular weight is 213 g/mol. The third-order valence-corrected chi connectivity index (χ3v) is 4.37. The van der Waals surface area contributed by atoms with Crippen molar-refractivity contribution < 1.29 is 0 Å². The molecule has 2 atom stereocenters. The van der Waals surface area contributed by atoms with Crippen molar-refractivity contribution in [2.45, 2.75) is 46.0 Å². The van der Waals surface area contributed by atoms with E-state index in [0.29, 0.717) is 5.92 Å². The fourth-order valence-electron chi connectivity index (χ4n) is 3.56. The van der Waals surface area contributed by atoms with Crippen LogP contribution in [0.4, 0.5) is 0 Å². The molecule has 0 aliphatic heterocycles. The molecule has 1 aliphatic carbocycles. The molecule has 1 N–H and O–H groups in total. The van der Waals surface area contributed by atoms with E-state index < -0.39 is 0 Å². The van der Waals surface area contributed by atoms with Crippen molar-refractivity contribution in [1.82, 2.24) is 4.98 Å². The Balaban J connectivity index is 2.49. The third kappa shape index (κ3) is 1.06. The van der Waals surface area contributed by atoms with E-state index in [0.717, 1.165) is 5.92 Å². The number of rotatable bonds is 0. The first-order chi connectivity index (χ1) is 7.61. The molecule has 1 nitrogen and oxygen atoms in total. The van der Waals surface area contributed by atoms with Crippen LogP contribution >= 0.6 is 0 Å². The number of fused-ring (bicyclic) bond motifs is 3. The van der Waals surface area contributed by atoms with Gasteiger partial charge in [-0.05, 0) is 60.4 Å². The van der Waals surface area contributed by atoms with Crippen LogP contribution in [0.15, 0.2) is 12.3 Å². The van der Waals surface area contributed by atoms with Crippen LogP contribution in [0.2, 0.25) is 0 Å². The maximum Gasteiger partial charge on any atom is 0.0494 e. The highest BCUT2D eigenvalue weighted by molar-refractivity contribution is 5.89. The largest absolute Gasteiger partial charge is 0.361 e.